The maximum absolute atomic E-state index is 11.9. The highest BCUT2D eigenvalue weighted by atomic mass is 79.9. The van der Waals surface area contributed by atoms with Crippen molar-refractivity contribution < 1.29 is 13.2 Å². The number of nitrogens with one attached hydrogen (secondary N) is 3. The number of likely N-dealkylation sites (N-methyl/N-ethyl adjacent to an activating group) is 1. The van der Waals surface area contributed by atoms with Gasteiger partial charge in [-0.1, -0.05) is 15.9 Å². The molecule has 20 heavy (non-hydrogen) atoms. The van der Waals surface area contributed by atoms with Crippen LogP contribution in [0.1, 0.15) is 6.42 Å². The maximum atomic E-state index is 11.9. The summed E-state index contributed by atoms with van der Waals surface area (Å²) in [7, 11) is -1.77. The van der Waals surface area contributed by atoms with Gasteiger partial charge in [-0.25, -0.2) is 13.1 Å². The van der Waals surface area contributed by atoms with Crippen molar-refractivity contribution in [2.45, 2.75) is 11.3 Å². The van der Waals surface area contributed by atoms with Crippen LogP contribution in [-0.4, -0.2) is 41.0 Å². The van der Waals surface area contributed by atoms with Crippen molar-refractivity contribution in [2.75, 3.05) is 26.7 Å². The number of hydrogen-bond acceptors (Lipinski definition) is 4. The molecule has 1 aromatic carbocycles. The van der Waals surface area contributed by atoms with Crippen LogP contribution in [0.25, 0.3) is 0 Å². The van der Waals surface area contributed by atoms with Gasteiger partial charge < -0.3 is 10.6 Å². The highest BCUT2D eigenvalue weighted by Crippen LogP contribution is 2.14. The molecule has 8 heteroatoms. The molecular formula is C12H18BrN3O3S. The third kappa shape index (κ3) is 6.00. The zero-order valence-electron chi connectivity index (χ0n) is 11.1. The van der Waals surface area contributed by atoms with E-state index in [1.54, 1.807) is 19.2 Å². The third-order valence-corrected chi connectivity index (χ3v) is 4.47. The fraction of sp³-hybridized carbons (Fsp3) is 0.417. The molecule has 3 N–H and O–H groups in total. The van der Waals surface area contributed by atoms with Gasteiger partial charge in [-0.15, -0.1) is 0 Å². The first kappa shape index (κ1) is 17.1. The molecule has 112 valence electrons. The Bertz CT molecular complexity index is 531. The van der Waals surface area contributed by atoms with E-state index < -0.39 is 10.0 Å². The first-order chi connectivity index (χ1) is 9.45. The Kier molecular flexibility index (Phi) is 7.14. The van der Waals surface area contributed by atoms with Crippen LogP contribution >= 0.6 is 15.9 Å². The maximum Gasteiger partial charge on any atom is 0.240 e. The van der Waals surface area contributed by atoms with Crippen molar-refractivity contribution >= 4 is 31.9 Å². The van der Waals surface area contributed by atoms with E-state index in [0.717, 1.165) is 4.47 Å². The van der Waals surface area contributed by atoms with E-state index in [1.165, 1.54) is 12.1 Å². The summed E-state index contributed by atoms with van der Waals surface area (Å²) in [4.78, 5) is 11.6. The Morgan fingerprint density at radius 2 is 1.80 bits per heavy atom. The molecule has 0 aliphatic heterocycles. The van der Waals surface area contributed by atoms with E-state index in [-0.39, 0.29) is 23.8 Å². The molecule has 0 saturated heterocycles. The number of carbonyl (C=O) groups excluding carboxylic acids is 1. The van der Waals surface area contributed by atoms with Crippen LogP contribution in [0.5, 0.6) is 0 Å². The van der Waals surface area contributed by atoms with Gasteiger partial charge in [0.25, 0.3) is 0 Å². The summed E-state index contributed by atoms with van der Waals surface area (Å²) >= 11 is 3.24. The number of benzene rings is 1. The van der Waals surface area contributed by atoms with Crippen molar-refractivity contribution in [3.63, 3.8) is 0 Å². The van der Waals surface area contributed by atoms with Crippen molar-refractivity contribution in [3.05, 3.63) is 28.7 Å². The van der Waals surface area contributed by atoms with E-state index >= 15 is 0 Å². The first-order valence-corrected chi connectivity index (χ1v) is 8.40. The van der Waals surface area contributed by atoms with Crippen LogP contribution in [0.3, 0.4) is 0 Å². The molecule has 6 nitrogen and oxygen atoms in total. The second kappa shape index (κ2) is 8.35. The predicted octanol–water partition coefficient (Wildman–Crippen LogP) is 0.453. The smallest absolute Gasteiger partial charge is 0.240 e. The Morgan fingerprint density at radius 3 is 2.40 bits per heavy atom. The van der Waals surface area contributed by atoms with E-state index in [4.69, 9.17) is 0 Å². The monoisotopic (exact) mass is 363 g/mol. The van der Waals surface area contributed by atoms with Crippen LogP contribution in [0, 0.1) is 0 Å². The standard InChI is InChI=1S/C12H18BrN3O3S/c1-14-8-9-15-12(17)6-7-16-20(18,19)11-4-2-10(13)3-5-11/h2-5,14,16H,6-9H2,1H3,(H,15,17). The highest BCUT2D eigenvalue weighted by molar-refractivity contribution is 9.10. The molecule has 0 aliphatic rings. The lowest BCUT2D eigenvalue weighted by molar-refractivity contribution is -0.120. The highest BCUT2D eigenvalue weighted by Gasteiger charge is 2.13. The molecule has 0 aromatic heterocycles. The Labute approximate surface area is 127 Å². The lowest BCUT2D eigenvalue weighted by Gasteiger charge is -2.07. The number of hydrogen-bond donors (Lipinski definition) is 3. The van der Waals surface area contributed by atoms with Gasteiger partial charge in [-0.05, 0) is 31.3 Å². The second-order valence-corrected chi connectivity index (χ2v) is 6.74. The molecule has 0 aliphatic carbocycles. The summed E-state index contributed by atoms with van der Waals surface area (Å²) in [5, 5.41) is 5.57. The van der Waals surface area contributed by atoms with Gasteiger partial charge in [-0.3, -0.25) is 4.79 Å². The summed E-state index contributed by atoms with van der Waals surface area (Å²) in [6.07, 6.45) is 0.111. The van der Waals surface area contributed by atoms with E-state index in [0.29, 0.717) is 13.1 Å². The summed E-state index contributed by atoms with van der Waals surface area (Å²) in [5.41, 5.74) is 0. The van der Waals surface area contributed by atoms with Crippen molar-refractivity contribution in [3.8, 4) is 0 Å². The lowest BCUT2D eigenvalue weighted by atomic mass is 10.4. The van der Waals surface area contributed by atoms with Crippen LogP contribution < -0.4 is 15.4 Å². The Morgan fingerprint density at radius 1 is 1.15 bits per heavy atom. The lowest BCUT2D eigenvalue weighted by Crippen LogP contribution is -2.33. The fourth-order valence-electron chi connectivity index (χ4n) is 1.41. The first-order valence-electron chi connectivity index (χ1n) is 6.12. The minimum Gasteiger partial charge on any atom is -0.355 e. The molecule has 0 saturated carbocycles. The third-order valence-electron chi connectivity index (χ3n) is 2.47. The minimum absolute atomic E-state index is 0.0732. The fourth-order valence-corrected chi connectivity index (χ4v) is 2.71. The molecule has 0 atom stereocenters. The van der Waals surface area contributed by atoms with E-state index in [9.17, 15) is 13.2 Å². The summed E-state index contributed by atoms with van der Waals surface area (Å²) in [5.74, 6) is -0.182. The number of carbonyl (C=O) groups is 1. The van der Waals surface area contributed by atoms with Crippen LogP contribution in [0.2, 0.25) is 0 Å². The normalized spacial score (nSPS) is 11.3. The second-order valence-electron chi connectivity index (χ2n) is 4.06. The van der Waals surface area contributed by atoms with Crippen molar-refractivity contribution in [1.29, 1.82) is 0 Å². The van der Waals surface area contributed by atoms with Gasteiger partial charge in [0.1, 0.15) is 0 Å². The van der Waals surface area contributed by atoms with Gasteiger partial charge in [0, 0.05) is 30.5 Å². The van der Waals surface area contributed by atoms with Gasteiger partial charge in [0.05, 0.1) is 4.90 Å². The average Bonchev–Trinajstić information content (AvgIpc) is 2.39. The molecule has 1 rings (SSSR count). The number of halogens is 1. The molecule has 0 unspecified atom stereocenters. The van der Waals surface area contributed by atoms with Gasteiger partial charge >= 0.3 is 0 Å². The molecule has 0 radical (unpaired) electrons. The van der Waals surface area contributed by atoms with Crippen LogP contribution in [0.15, 0.2) is 33.6 Å². The van der Waals surface area contributed by atoms with Crippen LogP contribution in [0.4, 0.5) is 0 Å². The number of rotatable bonds is 8. The molecular weight excluding hydrogens is 346 g/mol. The predicted molar refractivity (Wildman–Crippen MR) is 80.9 cm³/mol. The topological polar surface area (TPSA) is 87.3 Å². The Hall–Kier alpha value is -0.960. The zero-order chi connectivity index (χ0) is 15.0. The Balaban J connectivity index is 2.40. The van der Waals surface area contributed by atoms with Crippen molar-refractivity contribution in [2.24, 2.45) is 0 Å². The molecule has 0 heterocycles. The van der Waals surface area contributed by atoms with E-state index in [1.807, 2.05) is 0 Å². The minimum atomic E-state index is -3.56. The molecule has 0 spiro atoms. The van der Waals surface area contributed by atoms with Crippen molar-refractivity contribution in [1.82, 2.24) is 15.4 Å². The molecule has 0 bridgehead atoms. The molecule has 1 aromatic rings. The van der Waals surface area contributed by atoms with Gasteiger partial charge in [0.15, 0.2) is 0 Å². The average molecular weight is 364 g/mol. The molecule has 1 amide bonds. The number of sulfonamides is 1. The number of amides is 1. The summed E-state index contributed by atoms with van der Waals surface area (Å²) in [6, 6.07) is 6.30. The van der Waals surface area contributed by atoms with E-state index in [2.05, 4.69) is 31.3 Å². The summed E-state index contributed by atoms with van der Waals surface area (Å²) < 4.78 is 27.0. The largest absolute Gasteiger partial charge is 0.355 e. The summed E-state index contributed by atoms with van der Waals surface area (Å²) in [6.45, 7) is 1.27. The van der Waals surface area contributed by atoms with Gasteiger partial charge in [-0.2, -0.15) is 0 Å². The zero-order valence-corrected chi connectivity index (χ0v) is 13.6. The van der Waals surface area contributed by atoms with Crippen LogP contribution in [-0.2, 0) is 14.8 Å². The SMILES string of the molecule is CNCCNC(=O)CCNS(=O)(=O)c1ccc(Br)cc1. The van der Waals surface area contributed by atoms with Gasteiger partial charge in [0.2, 0.25) is 15.9 Å². The molecule has 0 fully saturated rings. The quantitative estimate of drug-likeness (QED) is 0.585.